The molecule has 0 fully saturated rings. The van der Waals surface area contributed by atoms with Gasteiger partial charge in [0.1, 0.15) is 0 Å². The minimum absolute atomic E-state index is 0.0240. The molecule has 1 amide bonds. The van der Waals surface area contributed by atoms with Gasteiger partial charge in [-0.3, -0.25) is 14.5 Å². The molecular formula is C20H20N4O5S2. The Morgan fingerprint density at radius 3 is 2.10 bits per heavy atom. The number of amides is 1. The Labute approximate surface area is 180 Å². The lowest BCUT2D eigenvalue weighted by Crippen LogP contribution is -2.17. The van der Waals surface area contributed by atoms with Crippen LogP contribution in [0.15, 0.2) is 70.7 Å². The Bertz CT molecular complexity index is 1340. The van der Waals surface area contributed by atoms with Gasteiger partial charge in [0, 0.05) is 23.6 Å². The molecule has 3 rings (SSSR count). The molecule has 0 saturated heterocycles. The first-order valence-electron chi connectivity index (χ1n) is 8.96. The predicted molar refractivity (Wildman–Crippen MR) is 117 cm³/mol. The van der Waals surface area contributed by atoms with Crippen LogP contribution in [0.5, 0.6) is 0 Å². The highest BCUT2D eigenvalue weighted by atomic mass is 32.2. The van der Waals surface area contributed by atoms with Gasteiger partial charge < -0.3 is 5.32 Å². The van der Waals surface area contributed by atoms with Gasteiger partial charge in [0.2, 0.25) is 10.0 Å². The molecule has 3 aromatic rings. The third-order valence-corrected chi connectivity index (χ3v) is 6.87. The van der Waals surface area contributed by atoms with E-state index in [2.05, 4.69) is 15.0 Å². The summed E-state index contributed by atoms with van der Waals surface area (Å²) in [4.78, 5) is 16.3. The normalized spacial score (nSPS) is 11.7. The van der Waals surface area contributed by atoms with Crippen molar-refractivity contribution in [2.45, 2.75) is 23.6 Å². The smallest absolute Gasteiger partial charge is 0.261 e. The maximum Gasteiger partial charge on any atom is 0.261 e. The summed E-state index contributed by atoms with van der Waals surface area (Å²) in [5, 5.41) is 7.84. The molecule has 0 saturated carbocycles. The zero-order valence-corrected chi connectivity index (χ0v) is 18.3. The number of carbonyl (C=O) groups excluding carboxylic acids is 1. The number of nitrogens with one attached hydrogen (secondary N) is 2. The molecule has 0 radical (unpaired) electrons. The number of hydrogen-bond acceptors (Lipinski definition) is 6. The zero-order valence-electron chi connectivity index (χ0n) is 16.7. The van der Waals surface area contributed by atoms with E-state index in [1.54, 1.807) is 13.8 Å². The lowest BCUT2D eigenvalue weighted by Gasteiger charge is -2.13. The van der Waals surface area contributed by atoms with Crippen LogP contribution >= 0.6 is 0 Å². The third kappa shape index (κ3) is 5.26. The van der Waals surface area contributed by atoms with Gasteiger partial charge in [-0.25, -0.2) is 22.0 Å². The van der Waals surface area contributed by atoms with Crippen molar-refractivity contribution >= 4 is 37.3 Å². The Kier molecular flexibility index (Phi) is 6.11. The standard InChI is InChI=1S/C20H20N4O5S2/c1-13-11-18(30(21,26)27)12-19(14(13)2)23-20(25)15-3-5-17(6-4-15)31(28,29)24-16-7-9-22-10-8-16/h3-12H,1-2H3,(H,22,24)(H,23,25)(H2,21,26,27). The monoisotopic (exact) mass is 460 g/mol. The minimum Gasteiger partial charge on any atom is -0.322 e. The number of benzene rings is 2. The first kappa shape index (κ1) is 22.4. The van der Waals surface area contributed by atoms with E-state index >= 15 is 0 Å². The van der Waals surface area contributed by atoms with Gasteiger partial charge in [-0.05, 0) is 73.5 Å². The van der Waals surface area contributed by atoms with Crippen LogP contribution < -0.4 is 15.2 Å². The molecule has 1 aromatic heterocycles. The van der Waals surface area contributed by atoms with Gasteiger partial charge in [-0.1, -0.05) is 0 Å². The minimum atomic E-state index is -3.94. The highest BCUT2D eigenvalue weighted by Crippen LogP contribution is 2.24. The van der Waals surface area contributed by atoms with Crippen molar-refractivity contribution in [1.29, 1.82) is 0 Å². The highest BCUT2D eigenvalue weighted by molar-refractivity contribution is 7.92. The maximum atomic E-state index is 12.6. The summed E-state index contributed by atoms with van der Waals surface area (Å²) in [6.07, 6.45) is 2.92. The van der Waals surface area contributed by atoms with Crippen LogP contribution in [0.1, 0.15) is 21.5 Å². The summed E-state index contributed by atoms with van der Waals surface area (Å²) in [6.45, 7) is 3.44. The topological polar surface area (TPSA) is 148 Å². The molecule has 0 aliphatic carbocycles. The fraction of sp³-hybridized carbons (Fsp3) is 0.100. The van der Waals surface area contributed by atoms with Gasteiger partial charge in [0.05, 0.1) is 15.5 Å². The second kappa shape index (κ2) is 8.46. The van der Waals surface area contributed by atoms with E-state index < -0.39 is 26.0 Å². The number of hydrogen-bond donors (Lipinski definition) is 3. The molecule has 0 unspecified atom stereocenters. The van der Waals surface area contributed by atoms with E-state index in [1.807, 2.05) is 0 Å². The Morgan fingerprint density at radius 2 is 1.52 bits per heavy atom. The summed E-state index contributed by atoms with van der Waals surface area (Å²) in [7, 11) is -7.78. The molecular weight excluding hydrogens is 440 g/mol. The van der Waals surface area contributed by atoms with Crippen LogP contribution in [0.25, 0.3) is 0 Å². The number of primary sulfonamides is 1. The van der Waals surface area contributed by atoms with Gasteiger partial charge in [-0.2, -0.15) is 0 Å². The van der Waals surface area contributed by atoms with E-state index in [1.165, 1.54) is 60.9 Å². The van der Waals surface area contributed by atoms with Crippen molar-refractivity contribution < 1.29 is 21.6 Å². The summed E-state index contributed by atoms with van der Waals surface area (Å²) < 4.78 is 50.7. The van der Waals surface area contributed by atoms with E-state index in [0.717, 1.165) is 0 Å². The second-order valence-corrected chi connectivity index (χ2v) is 10.0. The van der Waals surface area contributed by atoms with Crippen molar-refractivity contribution in [3.05, 3.63) is 77.6 Å². The first-order chi connectivity index (χ1) is 14.5. The molecule has 4 N–H and O–H groups in total. The van der Waals surface area contributed by atoms with Gasteiger partial charge >= 0.3 is 0 Å². The second-order valence-electron chi connectivity index (χ2n) is 6.78. The Balaban J connectivity index is 1.82. The van der Waals surface area contributed by atoms with Crippen molar-refractivity contribution in [3.8, 4) is 0 Å². The van der Waals surface area contributed by atoms with Crippen LogP contribution in [0.4, 0.5) is 11.4 Å². The van der Waals surface area contributed by atoms with Gasteiger partial charge in [0.25, 0.3) is 15.9 Å². The summed E-state index contributed by atoms with van der Waals surface area (Å²) >= 11 is 0. The average molecular weight is 461 g/mol. The molecule has 0 aliphatic heterocycles. The van der Waals surface area contributed by atoms with Crippen molar-refractivity contribution in [2.75, 3.05) is 10.0 Å². The number of aromatic nitrogens is 1. The Morgan fingerprint density at radius 1 is 0.903 bits per heavy atom. The molecule has 11 heteroatoms. The summed E-state index contributed by atoms with van der Waals surface area (Å²) in [5.41, 5.74) is 2.18. The van der Waals surface area contributed by atoms with Crippen LogP contribution in [-0.2, 0) is 20.0 Å². The van der Waals surface area contributed by atoms with Gasteiger partial charge in [0.15, 0.2) is 0 Å². The zero-order chi connectivity index (χ0) is 22.8. The van der Waals surface area contributed by atoms with E-state index in [4.69, 9.17) is 5.14 Å². The molecule has 9 nitrogen and oxygen atoms in total. The molecule has 1 heterocycles. The maximum absolute atomic E-state index is 12.6. The number of nitrogens with two attached hydrogens (primary N) is 1. The lowest BCUT2D eigenvalue weighted by atomic mass is 10.1. The number of anilines is 2. The fourth-order valence-corrected chi connectivity index (χ4v) is 4.42. The molecule has 31 heavy (non-hydrogen) atoms. The number of aryl methyl sites for hydroxylation is 1. The number of pyridine rings is 1. The van der Waals surface area contributed by atoms with E-state index in [0.29, 0.717) is 22.5 Å². The molecule has 2 aromatic carbocycles. The predicted octanol–water partition coefficient (Wildman–Crippen LogP) is 2.40. The number of nitrogens with zero attached hydrogens (tertiary/aromatic N) is 1. The molecule has 0 spiro atoms. The van der Waals surface area contributed by atoms with E-state index in [-0.39, 0.29) is 15.4 Å². The van der Waals surface area contributed by atoms with Crippen molar-refractivity contribution in [3.63, 3.8) is 0 Å². The number of sulfonamides is 2. The van der Waals surface area contributed by atoms with Crippen molar-refractivity contribution in [1.82, 2.24) is 4.98 Å². The first-order valence-corrected chi connectivity index (χ1v) is 12.0. The van der Waals surface area contributed by atoms with Crippen LogP contribution in [0.3, 0.4) is 0 Å². The quantitative estimate of drug-likeness (QED) is 0.514. The average Bonchev–Trinajstić information content (AvgIpc) is 2.71. The number of rotatable bonds is 6. The molecule has 0 bridgehead atoms. The fourth-order valence-electron chi connectivity index (χ4n) is 2.73. The van der Waals surface area contributed by atoms with Crippen molar-refractivity contribution in [2.24, 2.45) is 5.14 Å². The number of carbonyl (C=O) groups is 1. The largest absolute Gasteiger partial charge is 0.322 e. The van der Waals surface area contributed by atoms with Crippen LogP contribution in [0.2, 0.25) is 0 Å². The SMILES string of the molecule is Cc1cc(S(N)(=O)=O)cc(NC(=O)c2ccc(S(=O)(=O)Nc3ccncc3)cc2)c1C. The molecule has 0 aliphatic rings. The Hall–Kier alpha value is -3.28. The highest BCUT2D eigenvalue weighted by Gasteiger charge is 2.17. The third-order valence-electron chi connectivity index (χ3n) is 4.58. The summed E-state index contributed by atoms with van der Waals surface area (Å²) in [5.74, 6) is -0.528. The summed E-state index contributed by atoms with van der Waals surface area (Å²) in [6, 6.07) is 11.1. The lowest BCUT2D eigenvalue weighted by molar-refractivity contribution is 0.102. The van der Waals surface area contributed by atoms with E-state index in [9.17, 15) is 21.6 Å². The van der Waals surface area contributed by atoms with Crippen LogP contribution in [-0.4, -0.2) is 27.7 Å². The molecule has 0 atom stereocenters. The van der Waals surface area contributed by atoms with Crippen LogP contribution in [0, 0.1) is 13.8 Å². The molecule has 162 valence electrons. The van der Waals surface area contributed by atoms with Gasteiger partial charge in [-0.15, -0.1) is 0 Å².